The Morgan fingerprint density at radius 1 is 1.38 bits per heavy atom. The molecule has 1 aromatic heterocycles. The highest BCUT2D eigenvalue weighted by Gasteiger charge is 2.44. The maximum Gasteiger partial charge on any atom is 0.137 e. The lowest BCUT2D eigenvalue weighted by Gasteiger charge is -2.37. The zero-order valence-corrected chi connectivity index (χ0v) is 15.0. The molecule has 1 unspecified atom stereocenters. The number of halogens is 2. The molecule has 26 heavy (non-hydrogen) atoms. The van der Waals surface area contributed by atoms with Crippen LogP contribution in [0.25, 0.3) is 0 Å². The van der Waals surface area contributed by atoms with Gasteiger partial charge in [-0.1, -0.05) is 6.07 Å². The Hall–Kier alpha value is -1.75. The van der Waals surface area contributed by atoms with Gasteiger partial charge < -0.3 is 9.84 Å². The smallest absolute Gasteiger partial charge is 0.137 e. The minimum Gasteiger partial charge on any atom is -0.382 e. The number of nitrogens with zero attached hydrogens (tertiary/aromatic N) is 4. The molecule has 3 rings (SSSR count). The summed E-state index contributed by atoms with van der Waals surface area (Å²) in [6.07, 6.45) is 2.65. The Kier molecular flexibility index (Phi) is 5.76. The summed E-state index contributed by atoms with van der Waals surface area (Å²) in [7, 11) is -1.61. The second-order valence-corrected chi connectivity index (χ2v) is 7.88. The summed E-state index contributed by atoms with van der Waals surface area (Å²) >= 11 is 0. The Morgan fingerprint density at radius 2 is 2.12 bits per heavy atom. The van der Waals surface area contributed by atoms with Gasteiger partial charge in [0.2, 0.25) is 0 Å². The zero-order chi connectivity index (χ0) is 18.7. The average molecular weight is 386 g/mol. The number of hydrogen-bond acceptors (Lipinski definition) is 5. The standard InChI is InChI=1S/C16H20F2N4O3S/c1-12(26(24)22-4-6-25-7-5-22)16(23,9-21-11-19-10-20-21)14-3-2-13(17)8-15(14)18/h2-3,8,10-12,23H,4-7,9H2,1H3/t12-,16-,26?/m1/s1. The Bertz CT molecular complexity index is 771. The molecule has 2 heterocycles. The molecule has 3 atom stereocenters. The van der Waals surface area contributed by atoms with Gasteiger partial charge in [0.05, 0.1) is 25.0 Å². The molecular weight excluding hydrogens is 366 g/mol. The maximum absolute atomic E-state index is 14.5. The maximum atomic E-state index is 14.5. The van der Waals surface area contributed by atoms with Crippen molar-refractivity contribution < 1.29 is 22.8 Å². The fourth-order valence-corrected chi connectivity index (χ4v) is 4.44. The molecule has 2 aromatic rings. The van der Waals surface area contributed by atoms with Crippen molar-refractivity contribution in [1.29, 1.82) is 0 Å². The number of aliphatic hydroxyl groups is 1. The van der Waals surface area contributed by atoms with Crippen LogP contribution in [0.15, 0.2) is 30.9 Å². The van der Waals surface area contributed by atoms with Gasteiger partial charge in [-0.25, -0.2) is 27.0 Å². The molecule has 0 bridgehead atoms. The molecule has 142 valence electrons. The van der Waals surface area contributed by atoms with E-state index < -0.39 is 33.5 Å². The largest absolute Gasteiger partial charge is 0.382 e. The summed E-state index contributed by atoms with van der Waals surface area (Å²) in [5.41, 5.74) is -2.02. The molecule has 0 aliphatic carbocycles. The number of morpholine rings is 1. The van der Waals surface area contributed by atoms with Gasteiger partial charge in [-0.3, -0.25) is 0 Å². The minimum absolute atomic E-state index is 0.136. The molecule has 1 aliphatic heterocycles. The predicted molar refractivity (Wildman–Crippen MR) is 90.3 cm³/mol. The van der Waals surface area contributed by atoms with Gasteiger partial charge in [-0.05, 0) is 13.0 Å². The molecule has 0 amide bonds. The highest BCUT2D eigenvalue weighted by atomic mass is 32.2. The first kappa shape index (κ1) is 19.0. The molecule has 0 spiro atoms. The van der Waals surface area contributed by atoms with E-state index in [-0.39, 0.29) is 12.1 Å². The highest BCUT2D eigenvalue weighted by Crippen LogP contribution is 2.33. The highest BCUT2D eigenvalue weighted by molar-refractivity contribution is 7.83. The van der Waals surface area contributed by atoms with E-state index >= 15 is 0 Å². The van der Waals surface area contributed by atoms with Crippen LogP contribution in [0.2, 0.25) is 0 Å². The van der Waals surface area contributed by atoms with E-state index in [0.29, 0.717) is 32.4 Å². The van der Waals surface area contributed by atoms with Gasteiger partial charge in [-0.2, -0.15) is 5.10 Å². The van der Waals surface area contributed by atoms with Crippen molar-refractivity contribution in [2.24, 2.45) is 0 Å². The molecule has 7 nitrogen and oxygen atoms in total. The monoisotopic (exact) mass is 386 g/mol. The Labute approximate surface area is 152 Å². The van der Waals surface area contributed by atoms with Crippen LogP contribution in [-0.4, -0.2) is 59.9 Å². The summed E-state index contributed by atoms with van der Waals surface area (Å²) in [4.78, 5) is 3.81. The molecule has 1 fully saturated rings. The third kappa shape index (κ3) is 3.83. The third-order valence-electron chi connectivity index (χ3n) is 4.47. The second kappa shape index (κ2) is 7.87. The molecule has 1 saturated heterocycles. The summed E-state index contributed by atoms with van der Waals surface area (Å²) in [6.45, 7) is 3.17. The summed E-state index contributed by atoms with van der Waals surface area (Å²) < 4.78 is 49.1. The van der Waals surface area contributed by atoms with Gasteiger partial charge in [0, 0.05) is 24.7 Å². The fourth-order valence-electron chi connectivity index (χ4n) is 2.95. The molecule has 10 heteroatoms. The Balaban J connectivity index is 1.97. The van der Waals surface area contributed by atoms with Gasteiger partial charge in [0.25, 0.3) is 0 Å². The lowest BCUT2D eigenvalue weighted by Crippen LogP contribution is -2.50. The van der Waals surface area contributed by atoms with E-state index in [9.17, 15) is 18.1 Å². The molecule has 0 saturated carbocycles. The molecule has 1 aliphatic rings. The van der Waals surface area contributed by atoms with Crippen LogP contribution < -0.4 is 0 Å². The molecule has 1 aromatic carbocycles. The second-order valence-electron chi connectivity index (χ2n) is 6.10. The van der Waals surface area contributed by atoms with Crippen LogP contribution in [0.4, 0.5) is 8.78 Å². The van der Waals surface area contributed by atoms with E-state index in [1.165, 1.54) is 23.4 Å². The van der Waals surface area contributed by atoms with Gasteiger partial charge >= 0.3 is 0 Å². The quantitative estimate of drug-likeness (QED) is 0.795. The minimum atomic E-state index is -1.88. The third-order valence-corrected chi connectivity index (χ3v) is 6.34. The van der Waals surface area contributed by atoms with Gasteiger partial charge in [-0.15, -0.1) is 0 Å². The van der Waals surface area contributed by atoms with E-state index in [2.05, 4.69) is 10.1 Å². The number of rotatable bonds is 6. The van der Waals surface area contributed by atoms with Gasteiger partial charge in [0.15, 0.2) is 0 Å². The first-order valence-corrected chi connectivity index (χ1v) is 9.32. The lowest BCUT2D eigenvalue weighted by atomic mass is 9.90. The first-order chi connectivity index (χ1) is 12.4. The molecule has 1 N–H and O–H groups in total. The van der Waals surface area contributed by atoms with Crippen LogP contribution in [0.1, 0.15) is 12.5 Å². The van der Waals surface area contributed by atoms with E-state index in [0.717, 1.165) is 6.07 Å². The van der Waals surface area contributed by atoms with Crippen LogP contribution >= 0.6 is 0 Å². The van der Waals surface area contributed by atoms with Crippen LogP contribution in [0.3, 0.4) is 0 Å². The normalized spacial score (nSPS) is 20.5. The topological polar surface area (TPSA) is 80.5 Å². The molecular formula is C16H20F2N4O3S. The van der Waals surface area contributed by atoms with Crippen molar-refractivity contribution in [3.8, 4) is 0 Å². The van der Waals surface area contributed by atoms with Crippen molar-refractivity contribution in [3.05, 3.63) is 48.1 Å². The van der Waals surface area contributed by atoms with E-state index in [1.54, 1.807) is 11.2 Å². The number of hydrogen-bond donors (Lipinski definition) is 1. The Morgan fingerprint density at radius 3 is 2.73 bits per heavy atom. The van der Waals surface area contributed by atoms with Crippen molar-refractivity contribution in [2.45, 2.75) is 24.3 Å². The van der Waals surface area contributed by atoms with Crippen LogP contribution in [0.5, 0.6) is 0 Å². The number of aromatic nitrogens is 3. The molecule has 0 radical (unpaired) electrons. The summed E-state index contributed by atoms with van der Waals surface area (Å²) in [5, 5.41) is 14.5. The average Bonchev–Trinajstić information content (AvgIpc) is 3.13. The fraction of sp³-hybridized carbons (Fsp3) is 0.500. The number of benzene rings is 1. The van der Waals surface area contributed by atoms with Gasteiger partial charge in [0.1, 0.15) is 40.9 Å². The van der Waals surface area contributed by atoms with Crippen molar-refractivity contribution in [3.63, 3.8) is 0 Å². The summed E-state index contributed by atoms with van der Waals surface area (Å²) in [6, 6.07) is 2.94. The van der Waals surface area contributed by atoms with Crippen LogP contribution in [0, 0.1) is 11.6 Å². The van der Waals surface area contributed by atoms with Crippen molar-refractivity contribution in [1.82, 2.24) is 19.1 Å². The SMILES string of the molecule is C[C@@H](S(=O)N1CCOCC1)[C@](O)(Cn1cncn1)c1ccc(F)cc1F. The van der Waals surface area contributed by atoms with E-state index in [1.807, 2.05) is 0 Å². The van der Waals surface area contributed by atoms with E-state index in [4.69, 9.17) is 4.74 Å². The lowest BCUT2D eigenvalue weighted by molar-refractivity contribution is 0.00951. The zero-order valence-electron chi connectivity index (χ0n) is 14.2. The summed E-state index contributed by atoms with van der Waals surface area (Å²) in [5.74, 6) is -1.66. The van der Waals surface area contributed by atoms with Crippen molar-refractivity contribution in [2.75, 3.05) is 26.3 Å². The van der Waals surface area contributed by atoms with Crippen LogP contribution in [-0.2, 0) is 27.9 Å². The predicted octanol–water partition coefficient (Wildman–Crippen LogP) is 0.829. The first-order valence-electron chi connectivity index (χ1n) is 8.15. The number of ether oxygens (including phenoxy) is 1. The van der Waals surface area contributed by atoms with Crippen molar-refractivity contribution >= 4 is 11.0 Å².